The van der Waals surface area contributed by atoms with Crippen molar-refractivity contribution in [2.24, 2.45) is 12.8 Å². The van der Waals surface area contributed by atoms with Gasteiger partial charge in [0.1, 0.15) is 12.1 Å². The van der Waals surface area contributed by atoms with Crippen molar-refractivity contribution in [3.63, 3.8) is 0 Å². The van der Waals surface area contributed by atoms with Gasteiger partial charge in [-0.3, -0.25) is 14.6 Å². The van der Waals surface area contributed by atoms with Gasteiger partial charge in [0.15, 0.2) is 0 Å². The molecule has 0 unspecified atom stereocenters. The monoisotopic (exact) mass is 486 g/mol. The summed E-state index contributed by atoms with van der Waals surface area (Å²) in [7, 11) is 1.59. The van der Waals surface area contributed by atoms with Crippen molar-refractivity contribution in [1.82, 2.24) is 14.3 Å². The van der Waals surface area contributed by atoms with Crippen LogP contribution in [0.15, 0.2) is 71.8 Å². The van der Waals surface area contributed by atoms with E-state index in [0.29, 0.717) is 17.9 Å². The van der Waals surface area contributed by atoms with E-state index in [1.165, 1.54) is 32.6 Å². The number of nitrogens with two attached hydrogens (primary N) is 1. The molecule has 1 aliphatic rings. The molecule has 3 amide bonds. The summed E-state index contributed by atoms with van der Waals surface area (Å²) < 4.78 is 17.3. The van der Waals surface area contributed by atoms with E-state index in [9.17, 15) is 18.8 Å². The maximum absolute atomic E-state index is 14.5. The van der Waals surface area contributed by atoms with Crippen molar-refractivity contribution in [3.05, 3.63) is 94.4 Å². The SMILES string of the molecule is Cc1c(-c2ccc(-n3cnn(C)c3=O)cc2)cccc1N1CCN(c2cc(C(N)=O)ccc2F)C1=O. The molecule has 0 radical (unpaired) electrons. The number of anilines is 2. The summed E-state index contributed by atoms with van der Waals surface area (Å²) in [5.41, 5.74) is 9.36. The molecule has 4 aromatic rings. The van der Waals surface area contributed by atoms with Gasteiger partial charge >= 0.3 is 11.7 Å². The smallest absolute Gasteiger partial charge is 0.350 e. The highest BCUT2D eigenvalue weighted by Crippen LogP contribution is 2.34. The molecule has 2 N–H and O–H groups in total. The van der Waals surface area contributed by atoms with Gasteiger partial charge < -0.3 is 5.73 Å². The molecule has 0 saturated carbocycles. The van der Waals surface area contributed by atoms with Crippen LogP contribution in [0.4, 0.5) is 20.6 Å². The van der Waals surface area contributed by atoms with E-state index in [0.717, 1.165) is 22.8 Å². The maximum Gasteiger partial charge on any atom is 0.350 e. The standard InChI is InChI=1S/C26H23FN6O3/c1-16-20(17-6-9-19(10-7-17)33-15-29-30(2)25(33)35)4-3-5-22(16)31-12-13-32(26(31)36)23-14-18(24(28)34)8-11-21(23)27/h3-11,14-15H,12-13H2,1-2H3,(H2,28,34). The van der Waals surface area contributed by atoms with E-state index in [2.05, 4.69) is 5.10 Å². The first-order chi connectivity index (χ1) is 17.3. The third kappa shape index (κ3) is 3.82. The predicted octanol–water partition coefficient (Wildman–Crippen LogP) is 3.23. The summed E-state index contributed by atoms with van der Waals surface area (Å²) in [6.45, 7) is 2.54. The number of carbonyl (C=O) groups is 2. The third-order valence-corrected chi connectivity index (χ3v) is 6.41. The molecule has 182 valence electrons. The highest BCUT2D eigenvalue weighted by molar-refractivity contribution is 6.07. The number of benzene rings is 3. The molecule has 5 rings (SSSR count). The second kappa shape index (κ2) is 8.81. The molecule has 0 spiro atoms. The first kappa shape index (κ1) is 23.0. The average Bonchev–Trinajstić information content (AvgIpc) is 3.41. The Morgan fingerprint density at radius 1 is 0.972 bits per heavy atom. The maximum atomic E-state index is 14.5. The van der Waals surface area contributed by atoms with E-state index in [4.69, 9.17) is 5.73 Å². The van der Waals surface area contributed by atoms with Crippen LogP contribution >= 0.6 is 0 Å². The van der Waals surface area contributed by atoms with Gasteiger partial charge in [-0.05, 0) is 60.0 Å². The van der Waals surface area contributed by atoms with Crippen molar-refractivity contribution in [2.45, 2.75) is 6.92 Å². The predicted molar refractivity (Wildman–Crippen MR) is 134 cm³/mol. The molecule has 1 aromatic heterocycles. The molecule has 10 heteroatoms. The zero-order valence-corrected chi connectivity index (χ0v) is 19.7. The fourth-order valence-electron chi connectivity index (χ4n) is 4.45. The summed E-state index contributed by atoms with van der Waals surface area (Å²) >= 11 is 0. The van der Waals surface area contributed by atoms with Gasteiger partial charge in [-0.2, -0.15) is 5.10 Å². The minimum Gasteiger partial charge on any atom is -0.366 e. The molecule has 36 heavy (non-hydrogen) atoms. The third-order valence-electron chi connectivity index (χ3n) is 6.41. The van der Waals surface area contributed by atoms with Gasteiger partial charge in [0.2, 0.25) is 5.91 Å². The van der Waals surface area contributed by atoms with E-state index < -0.39 is 11.7 Å². The Balaban J connectivity index is 1.45. The summed E-state index contributed by atoms with van der Waals surface area (Å²) in [5.74, 6) is -1.30. The molecule has 0 aliphatic carbocycles. The summed E-state index contributed by atoms with van der Waals surface area (Å²) in [4.78, 5) is 39.9. The molecular weight excluding hydrogens is 463 g/mol. The number of hydrogen-bond donors (Lipinski definition) is 1. The first-order valence-electron chi connectivity index (χ1n) is 11.3. The number of urea groups is 1. The number of hydrogen-bond acceptors (Lipinski definition) is 4. The zero-order chi connectivity index (χ0) is 25.6. The minimum atomic E-state index is -0.692. The van der Waals surface area contributed by atoms with Gasteiger partial charge in [0, 0.05) is 31.4 Å². The molecule has 0 bridgehead atoms. The van der Waals surface area contributed by atoms with Crippen LogP contribution in [0.5, 0.6) is 0 Å². The van der Waals surface area contributed by atoms with Crippen LogP contribution in [0.2, 0.25) is 0 Å². The van der Waals surface area contributed by atoms with Crippen LogP contribution in [-0.4, -0.2) is 39.4 Å². The number of amides is 3. The Hall–Kier alpha value is -4.73. The molecule has 2 heterocycles. The quantitative estimate of drug-likeness (QED) is 0.467. The summed E-state index contributed by atoms with van der Waals surface area (Å²) in [6, 6.07) is 16.5. The Morgan fingerprint density at radius 2 is 1.67 bits per heavy atom. The minimum absolute atomic E-state index is 0.0221. The van der Waals surface area contributed by atoms with Crippen LogP contribution in [0.1, 0.15) is 15.9 Å². The molecular formula is C26H23FN6O3. The Kier molecular flexibility index (Phi) is 5.63. The molecule has 3 aromatic carbocycles. The Morgan fingerprint density at radius 3 is 2.31 bits per heavy atom. The van der Waals surface area contributed by atoms with Crippen molar-refractivity contribution < 1.29 is 14.0 Å². The normalized spacial score (nSPS) is 13.5. The lowest BCUT2D eigenvalue weighted by Crippen LogP contribution is -2.32. The van der Waals surface area contributed by atoms with E-state index in [1.807, 2.05) is 49.4 Å². The number of aromatic nitrogens is 3. The van der Waals surface area contributed by atoms with Gasteiger partial charge in [-0.15, -0.1) is 0 Å². The van der Waals surface area contributed by atoms with Crippen molar-refractivity contribution in [3.8, 4) is 16.8 Å². The van der Waals surface area contributed by atoms with Gasteiger partial charge in [0.25, 0.3) is 0 Å². The number of aryl methyl sites for hydroxylation is 1. The van der Waals surface area contributed by atoms with Gasteiger partial charge in [-0.1, -0.05) is 24.3 Å². The van der Waals surface area contributed by atoms with E-state index in [-0.39, 0.29) is 29.5 Å². The van der Waals surface area contributed by atoms with Crippen LogP contribution in [0.3, 0.4) is 0 Å². The van der Waals surface area contributed by atoms with Crippen molar-refractivity contribution >= 4 is 23.3 Å². The molecule has 0 atom stereocenters. The fourth-order valence-corrected chi connectivity index (χ4v) is 4.45. The number of rotatable bonds is 5. The van der Waals surface area contributed by atoms with Crippen LogP contribution in [0.25, 0.3) is 16.8 Å². The first-order valence-corrected chi connectivity index (χ1v) is 11.3. The number of nitrogens with zero attached hydrogens (tertiary/aromatic N) is 5. The number of primary amides is 1. The van der Waals surface area contributed by atoms with E-state index in [1.54, 1.807) is 11.9 Å². The van der Waals surface area contributed by atoms with Gasteiger partial charge in [-0.25, -0.2) is 23.2 Å². The summed E-state index contributed by atoms with van der Waals surface area (Å²) in [5, 5.41) is 3.98. The number of carbonyl (C=O) groups excluding carboxylic acids is 2. The Bertz CT molecular complexity index is 1560. The lowest BCUT2D eigenvalue weighted by molar-refractivity contribution is 0.1000. The fraction of sp³-hybridized carbons (Fsp3) is 0.154. The molecule has 1 saturated heterocycles. The average molecular weight is 487 g/mol. The highest BCUT2D eigenvalue weighted by Gasteiger charge is 2.33. The largest absolute Gasteiger partial charge is 0.366 e. The zero-order valence-electron chi connectivity index (χ0n) is 19.7. The number of halogens is 1. The Labute approximate surface area is 205 Å². The van der Waals surface area contributed by atoms with Crippen molar-refractivity contribution in [1.29, 1.82) is 0 Å². The van der Waals surface area contributed by atoms with E-state index >= 15 is 0 Å². The lowest BCUT2D eigenvalue weighted by atomic mass is 9.98. The van der Waals surface area contributed by atoms with Crippen LogP contribution in [0, 0.1) is 12.7 Å². The summed E-state index contributed by atoms with van der Waals surface area (Å²) in [6.07, 6.45) is 1.47. The molecule has 9 nitrogen and oxygen atoms in total. The van der Waals surface area contributed by atoms with Crippen LogP contribution in [-0.2, 0) is 7.05 Å². The topological polar surface area (TPSA) is 106 Å². The lowest BCUT2D eigenvalue weighted by Gasteiger charge is -2.22. The molecule has 1 fully saturated rings. The second-order valence-electron chi connectivity index (χ2n) is 8.52. The highest BCUT2D eigenvalue weighted by atomic mass is 19.1. The molecule has 1 aliphatic heterocycles. The second-order valence-corrected chi connectivity index (χ2v) is 8.52. The van der Waals surface area contributed by atoms with Gasteiger partial charge in [0.05, 0.1) is 11.4 Å². The van der Waals surface area contributed by atoms with Crippen molar-refractivity contribution in [2.75, 3.05) is 22.9 Å². The van der Waals surface area contributed by atoms with Crippen LogP contribution < -0.4 is 21.2 Å².